The van der Waals surface area contributed by atoms with Crippen molar-refractivity contribution < 1.29 is 24.5 Å². The second kappa shape index (κ2) is 6.02. The van der Waals surface area contributed by atoms with Gasteiger partial charge in [-0.05, 0) is 6.92 Å². The van der Waals surface area contributed by atoms with Gasteiger partial charge in [-0.1, -0.05) is 35.9 Å². The molecule has 0 aliphatic rings. The standard InChI is InChI=1S/C16H17ClO5/c1-16(20,15(18)19)8-11-12(17)14(22-3)10-7-5-4-6-9(10)13(11)21-2/h4-7,20H,8H2,1-3H3,(H,18,19). The van der Waals surface area contributed by atoms with Crippen molar-refractivity contribution in [2.75, 3.05) is 14.2 Å². The lowest BCUT2D eigenvalue weighted by atomic mass is 9.93. The van der Waals surface area contributed by atoms with Gasteiger partial charge >= 0.3 is 5.97 Å². The minimum Gasteiger partial charge on any atom is -0.496 e. The summed E-state index contributed by atoms with van der Waals surface area (Å²) in [4.78, 5) is 11.2. The van der Waals surface area contributed by atoms with Gasteiger partial charge in [0.1, 0.15) is 11.5 Å². The van der Waals surface area contributed by atoms with Crippen LogP contribution in [0.2, 0.25) is 5.02 Å². The second-order valence-corrected chi connectivity index (χ2v) is 5.54. The monoisotopic (exact) mass is 324 g/mol. The van der Waals surface area contributed by atoms with E-state index in [-0.39, 0.29) is 11.4 Å². The van der Waals surface area contributed by atoms with Crippen molar-refractivity contribution in [3.05, 3.63) is 34.9 Å². The molecule has 0 aliphatic carbocycles. The molecule has 0 spiro atoms. The average molecular weight is 325 g/mol. The fourth-order valence-electron chi connectivity index (χ4n) is 2.41. The van der Waals surface area contributed by atoms with Crippen LogP contribution < -0.4 is 9.47 Å². The van der Waals surface area contributed by atoms with E-state index in [0.717, 1.165) is 10.8 Å². The highest BCUT2D eigenvalue weighted by molar-refractivity contribution is 6.34. The molecule has 0 bridgehead atoms. The first-order valence-electron chi connectivity index (χ1n) is 6.60. The number of hydrogen-bond donors (Lipinski definition) is 2. The topological polar surface area (TPSA) is 76.0 Å². The van der Waals surface area contributed by atoms with Crippen molar-refractivity contribution in [2.24, 2.45) is 0 Å². The number of carboxylic acids is 1. The first-order valence-corrected chi connectivity index (χ1v) is 6.98. The second-order valence-electron chi connectivity index (χ2n) is 5.16. The highest BCUT2D eigenvalue weighted by Gasteiger charge is 2.34. The Morgan fingerprint density at radius 3 is 2.14 bits per heavy atom. The predicted octanol–water partition coefficient (Wildman–Crippen LogP) is 2.89. The van der Waals surface area contributed by atoms with Crippen molar-refractivity contribution in [1.29, 1.82) is 0 Å². The molecule has 0 amide bonds. The van der Waals surface area contributed by atoms with Crippen LogP contribution in [0.1, 0.15) is 12.5 Å². The number of benzene rings is 2. The minimum absolute atomic E-state index is 0.203. The lowest BCUT2D eigenvalue weighted by Crippen LogP contribution is -2.37. The summed E-state index contributed by atoms with van der Waals surface area (Å²) >= 11 is 6.37. The maximum absolute atomic E-state index is 11.2. The molecule has 0 radical (unpaired) electrons. The van der Waals surface area contributed by atoms with E-state index in [4.69, 9.17) is 26.2 Å². The van der Waals surface area contributed by atoms with Crippen LogP contribution in [0.25, 0.3) is 10.8 Å². The summed E-state index contributed by atoms with van der Waals surface area (Å²) in [6.45, 7) is 1.22. The number of rotatable bonds is 5. The molecule has 2 aromatic carbocycles. The highest BCUT2D eigenvalue weighted by Crippen LogP contribution is 2.44. The molecule has 22 heavy (non-hydrogen) atoms. The molecular weight excluding hydrogens is 308 g/mol. The van der Waals surface area contributed by atoms with Crippen LogP contribution in [0.5, 0.6) is 11.5 Å². The molecule has 6 heteroatoms. The van der Waals surface area contributed by atoms with Gasteiger partial charge in [0, 0.05) is 22.8 Å². The zero-order chi connectivity index (χ0) is 16.5. The van der Waals surface area contributed by atoms with Gasteiger partial charge in [-0.2, -0.15) is 0 Å². The van der Waals surface area contributed by atoms with E-state index < -0.39 is 11.6 Å². The van der Waals surface area contributed by atoms with Gasteiger partial charge in [0.05, 0.1) is 19.2 Å². The number of carboxylic acid groups (broad SMARTS) is 1. The highest BCUT2D eigenvalue weighted by atomic mass is 35.5. The molecule has 5 nitrogen and oxygen atoms in total. The van der Waals surface area contributed by atoms with E-state index in [1.807, 2.05) is 24.3 Å². The van der Waals surface area contributed by atoms with Crippen molar-refractivity contribution in [1.82, 2.24) is 0 Å². The summed E-state index contributed by atoms with van der Waals surface area (Å²) in [5.41, 5.74) is -1.57. The van der Waals surface area contributed by atoms with Gasteiger partial charge in [-0.15, -0.1) is 0 Å². The first-order chi connectivity index (χ1) is 10.3. The zero-order valence-electron chi connectivity index (χ0n) is 12.5. The van der Waals surface area contributed by atoms with Crippen LogP contribution in [0, 0.1) is 0 Å². The number of aliphatic carboxylic acids is 1. The molecule has 1 atom stereocenters. The maximum Gasteiger partial charge on any atom is 0.335 e. The average Bonchev–Trinajstić information content (AvgIpc) is 2.48. The summed E-state index contributed by atoms with van der Waals surface area (Å²) in [6, 6.07) is 7.33. The molecule has 0 aromatic heterocycles. The molecule has 0 saturated carbocycles. The number of halogens is 1. The summed E-state index contributed by atoms with van der Waals surface area (Å²) < 4.78 is 10.8. The Labute approximate surface area is 133 Å². The molecule has 0 aliphatic heterocycles. The molecule has 0 fully saturated rings. The van der Waals surface area contributed by atoms with Gasteiger partial charge in [-0.3, -0.25) is 0 Å². The normalized spacial score (nSPS) is 13.7. The predicted molar refractivity (Wildman–Crippen MR) is 84.0 cm³/mol. The fraction of sp³-hybridized carbons (Fsp3) is 0.312. The summed E-state index contributed by atoms with van der Waals surface area (Å²) in [7, 11) is 2.96. The number of methoxy groups -OCH3 is 2. The van der Waals surface area contributed by atoms with E-state index in [2.05, 4.69) is 0 Å². The van der Waals surface area contributed by atoms with Crippen LogP contribution in [0.15, 0.2) is 24.3 Å². The van der Waals surface area contributed by atoms with E-state index in [1.54, 1.807) is 0 Å². The SMILES string of the molecule is COc1c(Cl)c(CC(C)(O)C(=O)O)c(OC)c2ccccc12. The third-order valence-electron chi connectivity index (χ3n) is 3.54. The van der Waals surface area contributed by atoms with Gasteiger partial charge in [0.25, 0.3) is 0 Å². The lowest BCUT2D eigenvalue weighted by molar-refractivity contribution is -0.156. The van der Waals surface area contributed by atoms with Crippen molar-refractivity contribution in [3.8, 4) is 11.5 Å². The Hall–Kier alpha value is -1.98. The van der Waals surface area contributed by atoms with Gasteiger partial charge < -0.3 is 19.7 Å². The molecule has 118 valence electrons. The van der Waals surface area contributed by atoms with E-state index in [0.29, 0.717) is 17.1 Å². The third kappa shape index (κ3) is 2.69. The zero-order valence-corrected chi connectivity index (χ0v) is 13.3. The quantitative estimate of drug-likeness (QED) is 0.884. The Balaban J connectivity index is 2.78. The van der Waals surface area contributed by atoms with Crippen molar-refractivity contribution >= 4 is 28.3 Å². The van der Waals surface area contributed by atoms with E-state index >= 15 is 0 Å². The molecule has 0 heterocycles. The van der Waals surface area contributed by atoms with E-state index in [9.17, 15) is 9.90 Å². The molecule has 2 aromatic rings. The van der Waals surface area contributed by atoms with E-state index in [1.165, 1.54) is 21.1 Å². The summed E-state index contributed by atoms with van der Waals surface area (Å²) in [5, 5.41) is 20.9. The number of fused-ring (bicyclic) bond motifs is 1. The van der Waals surface area contributed by atoms with Crippen LogP contribution in [0.4, 0.5) is 0 Å². The lowest BCUT2D eigenvalue weighted by Gasteiger charge is -2.23. The number of aliphatic hydroxyl groups is 1. The molecule has 2 rings (SSSR count). The Morgan fingerprint density at radius 2 is 1.68 bits per heavy atom. The minimum atomic E-state index is -1.97. The maximum atomic E-state index is 11.2. The summed E-state index contributed by atoms with van der Waals surface area (Å²) in [6.07, 6.45) is -0.203. The smallest absolute Gasteiger partial charge is 0.335 e. The van der Waals surface area contributed by atoms with Gasteiger partial charge in [0.2, 0.25) is 0 Å². The number of carbonyl (C=O) groups is 1. The Kier molecular flexibility index (Phi) is 4.49. The van der Waals surface area contributed by atoms with Crippen LogP contribution in [-0.4, -0.2) is 36.0 Å². The van der Waals surface area contributed by atoms with Gasteiger partial charge in [-0.25, -0.2) is 4.79 Å². The molecular formula is C16H17ClO5. The first kappa shape index (κ1) is 16.4. The van der Waals surface area contributed by atoms with Crippen LogP contribution >= 0.6 is 11.6 Å². The summed E-state index contributed by atoms with van der Waals surface area (Å²) in [5.74, 6) is -0.477. The molecule has 1 unspecified atom stereocenters. The largest absolute Gasteiger partial charge is 0.496 e. The Bertz CT molecular complexity index is 724. The molecule has 0 saturated heterocycles. The fourth-order valence-corrected chi connectivity index (χ4v) is 2.74. The Morgan fingerprint density at radius 1 is 1.18 bits per heavy atom. The molecule has 2 N–H and O–H groups in total. The van der Waals surface area contributed by atoms with Crippen molar-refractivity contribution in [2.45, 2.75) is 18.9 Å². The van der Waals surface area contributed by atoms with Crippen molar-refractivity contribution in [3.63, 3.8) is 0 Å². The number of ether oxygens (including phenoxy) is 2. The van der Waals surface area contributed by atoms with Gasteiger partial charge in [0.15, 0.2) is 5.60 Å². The third-order valence-corrected chi connectivity index (χ3v) is 3.94. The van der Waals surface area contributed by atoms with Crippen LogP contribution in [-0.2, 0) is 11.2 Å². The van der Waals surface area contributed by atoms with Crippen LogP contribution in [0.3, 0.4) is 0 Å². The number of hydrogen-bond acceptors (Lipinski definition) is 4.